The van der Waals surface area contributed by atoms with Crippen LogP contribution in [0.2, 0.25) is 0 Å². The smallest absolute Gasteiger partial charge is 0.245 e. The second-order valence-corrected chi connectivity index (χ2v) is 7.45. The zero-order valence-electron chi connectivity index (χ0n) is 13.0. The van der Waals surface area contributed by atoms with Gasteiger partial charge in [-0.3, -0.25) is 9.59 Å². The van der Waals surface area contributed by atoms with Crippen LogP contribution in [0, 0.1) is 12.8 Å². The zero-order valence-corrected chi connectivity index (χ0v) is 15.4. The first-order chi connectivity index (χ1) is 11.5. The molecule has 1 saturated heterocycles. The summed E-state index contributed by atoms with van der Waals surface area (Å²) in [6, 6.07) is 9.48. The Bertz CT molecular complexity index is 785. The molecule has 24 heavy (non-hydrogen) atoms. The first kappa shape index (κ1) is 16.9. The Morgan fingerprint density at radius 2 is 2.12 bits per heavy atom. The minimum absolute atomic E-state index is 0.0458. The van der Waals surface area contributed by atoms with Gasteiger partial charge in [0.2, 0.25) is 11.8 Å². The summed E-state index contributed by atoms with van der Waals surface area (Å²) in [4.78, 5) is 27.1. The van der Waals surface area contributed by atoms with Crippen molar-refractivity contribution in [1.82, 2.24) is 5.43 Å². The Kier molecular flexibility index (Phi) is 5.11. The molecule has 0 spiro atoms. The van der Waals surface area contributed by atoms with Gasteiger partial charge in [-0.1, -0.05) is 15.9 Å². The van der Waals surface area contributed by atoms with Gasteiger partial charge in [0.05, 0.1) is 12.1 Å². The number of aryl methyl sites for hydroxylation is 1. The number of anilines is 1. The summed E-state index contributed by atoms with van der Waals surface area (Å²) in [5, 5.41) is 5.98. The first-order valence-corrected chi connectivity index (χ1v) is 9.15. The maximum atomic E-state index is 12.2. The molecular formula is C17H16BrN3O2S. The van der Waals surface area contributed by atoms with Crippen LogP contribution < -0.4 is 10.3 Å². The second-order valence-electron chi connectivity index (χ2n) is 5.58. The van der Waals surface area contributed by atoms with E-state index in [2.05, 4.69) is 26.5 Å². The van der Waals surface area contributed by atoms with Crippen molar-refractivity contribution in [3.63, 3.8) is 0 Å². The number of nitrogens with zero attached hydrogens (tertiary/aromatic N) is 2. The molecule has 1 N–H and O–H groups in total. The van der Waals surface area contributed by atoms with E-state index in [1.165, 1.54) is 0 Å². The van der Waals surface area contributed by atoms with Gasteiger partial charge in [-0.05, 0) is 48.2 Å². The quantitative estimate of drug-likeness (QED) is 0.626. The lowest BCUT2D eigenvalue weighted by Gasteiger charge is -2.16. The molecule has 1 atom stereocenters. The molecular weight excluding hydrogens is 390 g/mol. The fourth-order valence-corrected chi connectivity index (χ4v) is 3.57. The van der Waals surface area contributed by atoms with E-state index in [0.717, 1.165) is 20.6 Å². The molecule has 0 radical (unpaired) electrons. The standard InChI is InChI=1S/C17H16BrN3O2S/c1-11-6-7-24-15(11)9-19-20-17(23)12-8-16(22)21(10-12)14-4-2-13(18)3-5-14/h2-7,9,12H,8,10H2,1H3,(H,20,23)/b19-9-/t12-/m1/s1. The van der Waals surface area contributed by atoms with Crippen LogP contribution in [0.15, 0.2) is 45.3 Å². The molecule has 1 fully saturated rings. The number of hydrogen-bond acceptors (Lipinski definition) is 4. The molecule has 1 aliphatic heterocycles. The van der Waals surface area contributed by atoms with Gasteiger partial charge >= 0.3 is 0 Å². The van der Waals surface area contributed by atoms with Crippen molar-refractivity contribution in [3.05, 3.63) is 50.6 Å². The fourth-order valence-electron chi connectivity index (χ4n) is 2.52. The first-order valence-electron chi connectivity index (χ1n) is 7.47. The maximum Gasteiger partial charge on any atom is 0.245 e. The van der Waals surface area contributed by atoms with Gasteiger partial charge in [-0.2, -0.15) is 5.10 Å². The largest absolute Gasteiger partial charge is 0.312 e. The molecule has 124 valence electrons. The van der Waals surface area contributed by atoms with Crippen LogP contribution in [-0.2, 0) is 9.59 Å². The minimum Gasteiger partial charge on any atom is -0.312 e. The lowest BCUT2D eigenvalue weighted by Crippen LogP contribution is -2.30. The van der Waals surface area contributed by atoms with E-state index in [9.17, 15) is 9.59 Å². The summed E-state index contributed by atoms with van der Waals surface area (Å²) in [5.74, 6) is -0.660. The number of nitrogens with one attached hydrogen (secondary N) is 1. The van der Waals surface area contributed by atoms with Crippen molar-refractivity contribution in [2.24, 2.45) is 11.0 Å². The van der Waals surface area contributed by atoms with Gasteiger partial charge in [0, 0.05) is 28.0 Å². The Morgan fingerprint density at radius 3 is 2.79 bits per heavy atom. The van der Waals surface area contributed by atoms with E-state index in [1.807, 2.05) is 42.6 Å². The van der Waals surface area contributed by atoms with Crippen molar-refractivity contribution in [2.45, 2.75) is 13.3 Å². The lowest BCUT2D eigenvalue weighted by atomic mass is 10.1. The molecule has 7 heteroatoms. The molecule has 2 heterocycles. The number of hydrogen-bond donors (Lipinski definition) is 1. The van der Waals surface area contributed by atoms with Gasteiger partial charge in [-0.15, -0.1) is 11.3 Å². The van der Waals surface area contributed by atoms with Crippen molar-refractivity contribution < 1.29 is 9.59 Å². The molecule has 5 nitrogen and oxygen atoms in total. The summed E-state index contributed by atoms with van der Waals surface area (Å²) in [6.07, 6.45) is 1.84. The third-order valence-corrected chi connectivity index (χ3v) is 5.37. The number of hydrazone groups is 1. The molecule has 1 aliphatic rings. The number of carbonyl (C=O) groups is 2. The Morgan fingerprint density at radius 1 is 1.38 bits per heavy atom. The van der Waals surface area contributed by atoms with Crippen molar-refractivity contribution >= 4 is 51.0 Å². The number of thiophene rings is 1. The third kappa shape index (κ3) is 3.73. The fraction of sp³-hybridized carbons (Fsp3) is 0.235. The molecule has 1 aromatic heterocycles. The van der Waals surface area contributed by atoms with Gasteiger partial charge < -0.3 is 4.90 Å². The van der Waals surface area contributed by atoms with Crippen molar-refractivity contribution in [2.75, 3.05) is 11.4 Å². The summed E-state index contributed by atoms with van der Waals surface area (Å²) < 4.78 is 0.949. The average molecular weight is 406 g/mol. The zero-order chi connectivity index (χ0) is 17.1. The Hall–Kier alpha value is -1.99. The van der Waals surface area contributed by atoms with Crippen LogP contribution in [0.5, 0.6) is 0 Å². The van der Waals surface area contributed by atoms with Gasteiger partial charge in [0.25, 0.3) is 0 Å². The number of halogens is 1. The Labute approximate surface area is 152 Å². The topological polar surface area (TPSA) is 61.8 Å². The molecule has 0 aliphatic carbocycles. The molecule has 1 aromatic carbocycles. The van der Waals surface area contributed by atoms with Crippen LogP contribution in [0.4, 0.5) is 5.69 Å². The predicted octanol–water partition coefficient (Wildman–Crippen LogP) is 3.32. The number of amides is 2. The average Bonchev–Trinajstić information content (AvgIpc) is 3.14. The molecule has 3 rings (SSSR count). The number of benzene rings is 1. The van der Waals surface area contributed by atoms with Crippen LogP contribution in [0.25, 0.3) is 0 Å². The normalized spacial score (nSPS) is 17.7. The van der Waals surface area contributed by atoms with E-state index in [4.69, 9.17) is 0 Å². The van der Waals surface area contributed by atoms with Gasteiger partial charge in [0.15, 0.2) is 0 Å². The highest BCUT2D eigenvalue weighted by atomic mass is 79.9. The molecule has 2 amide bonds. The van der Waals surface area contributed by atoms with E-state index in [1.54, 1.807) is 22.5 Å². The van der Waals surface area contributed by atoms with E-state index >= 15 is 0 Å². The van der Waals surface area contributed by atoms with Crippen LogP contribution >= 0.6 is 27.3 Å². The maximum absolute atomic E-state index is 12.2. The number of carbonyl (C=O) groups excluding carboxylic acids is 2. The second kappa shape index (κ2) is 7.27. The third-order valence-electron chi connectivity index (χ3n) is 3.89. The van der Waals surface area contributed by atoms with E-state index < -0.39 is 0 Å². The highest BCUT2D eigenvalue weighted by molar-refractivity contribution is 9.10. The monoisotopic (exact) mass is 405 g/mol. The Balaban J connectivity index is 1.60. The number of rotatable bonds is 4. The molecule has 0 saturated carbocycles. The predicted molar refractivity (Wildman–Crippen MR) is 99.4 cm³/mol. The van der Waals surface area contributed by atoms with Crippen LogP contribution in [0.1, 0.15) is 16.9 Å². The molecule has 0 bridgehead atoms. The summed E-state index contributed by atoms with van der Waals surface area (Å²) in [6.45, 7) is 2.37. The summed E-state index contributed by atoms with van der Waals surface area (Å²) >= 11 is 4.94. The van der Waals surface area contributed by atoms with E-state index in [-0.39, 0.29) is 24.2 Å². The minimum atomic E-state index is -0.386. The van der Waals surface area contributed by atoms with E-state index in [0.29, 0.717) is 6.54 Å². The SMILES string of the molecule is Cc1ccsc1/C=N\NC(=O)[C@@H]1CC(=O)N(c2ccc(Br)cc2)C1. The van der Waals surface area contributed by atoms with Gasteiger partial charge in [-0.25, -0.2) is 5.43 Å². The van der Waals surface area contributed by atoms with Crippen LogP contribution in [0.3, 0.4) is 0 Å². The van der Waals surface area contributed by atoms with Crippen molar-refractivity contribution in [1.29, 1.82) is 0 Å². The lowest BCUT2D eigenvalue weighted by molar-refractivity contribution is -0.126. The summed E-state index contributed by atoms with van der Waals surface area (Å²) in [5.41, 5.74) is 4.47. The van der Waals surface area contributed by atoms with Crippen LogP contribution in [-0.4, -0.2) is 24.6 Å². The molecule has 2 aromatic rings. The highest BCUT2D eigenvalue weighted by Crippen LogP contribution is 2.26. The van der Waals surface area contributed by atoms with Crippen molar-refractivity contribution in [3.8, 4) is 0 Å². The highest BCUT2D eigenvalue weighted by Gasteiger charge is 2.35. The van der Waals surface area contributed by atoms with Gasteiger partial charge in [0.1, 0.15) is 0 Å². The summed E-state index contributed by atoms with van der Waals surface area (Å²) in [7, 11) is 0. The molecule has 0 unspecified atom stereocenters.